The van der Waals surface area contributed by atoms with E-state index in [1.165, 1.54) is 28.0 Å². The summed E-state index contributed by atoms with van der Waals surface area (Å²) in [7, 11) is -3.97. The topological polar surface area (TPSA) is 86.5 Å². The quantitative estimate of drug-likeness (QED) is 0.363. The van der Waals surface area contributed by atoms with Crippen LogP contribution in [0.3, 0.4) is 0 Å². The van der Waals surface area contributed by atoms with Gasteiger partial charge in [0.2, 0.25) is 14.9 Å². The largest absolute Gasteiger partial charge is 0.494 e. The minimum atomic E-state index is -3.97. The Hall–Kier alpha value is -3.01. The second-order valence-corrected chi connectivity index (χ2v) is 9.86. The Labute approximate surface area is 186 Å². The van der Waals surface area contributed by atoms with Gasteiger partial charge >= 0.3 is 0 Å². The summed E-state index contributed by atoms with van der Waals surface area (Å²) in [6.45, 7) is 2.50. The van der Waals surface area contributed by atoms with Gasteiger partial charge in [-0.1, -0.05) is 22.9 Å². The number of benzene rings is 2. The third-order valence-corrected chi connectivity index (χ3v) is 7.52. The van der Waals surface area contributed by atoms with Gasteiger partial charge in [-0.05, 0) is 60.8 Å². The van der Waals surface area contributed by atoms with Crippen molar-refractivity contribution in [3.05, 3.63) is 65.0 Å². The zero-order valence-corrected chi connectivity index (χ0v) is 18.6. The SMILES string of the molecule is CCOc1ccc(-c2nc3c(S(=O)(=O)c4cccc(Cl)c4)nnn3c3ccsc23)cc1. The van der Waals surface area contributed by atoms with Crippen LogP contribution >= 0.6 is 22.9 Å². The number of ether oxygens (including phenoxy) is 1. The molecule has 31 heavy (non-hydrogen) atoms. The average Bonchev–Trinajstić information content (AvgIpc) is 3.41. The number of rotatable bonds is 5. The molecular formula is C21H15ClN4O3S2. The van der Waals surface area contributed by atoms with Crippen LogP contribution in [0.2, 0.25) is 5.02 Å². The van der Waals surface area contributed by atoms with E-state index in [0.29, 0.717) is 17.3 Å². The second kappa shape index (κ2) is 7.60. The normalized spacial score (nSPS) is 11.9. The molecule has 0 amide bonds. The van der Waals surface area contributed by atoms with E-state index in [0.717, 1.165) is 21.5 Å². The summed E-state index contributed by atoms with van der Waals surface area (Å²) in [5.74, 6) is 0.755. The van der Waals surface area contributed by atoms with E-state index in [4.69, 9.17) is 21.3 Å². The summed E-state index contributed by atoms with van der Waals surface area (Å²) < 4.78 is 34.4. The molecule has 0 aliphatic rings. The Balaban J connectivity index is 1.74. The molecule has 5 aromatic rings. The summed E-state index contributed by atoms with van der Waals surface area (Å²) in [5, 5.41) is 10.1. The van der Waals surface area contributed by atoms with Gasteiger partial charge in [0, 0.05) is 10.6 Å². The van der Waals surface area contributed by atoms with E-state index in [-0.39, 0.29) is 15.6 Å². The number of hydrogen-bond donors (Lipinski definition) is 0. The van der Waals surface area contributed by atoms with Crippen LogP contribution in [-0.4, -0.2) is 34.8 Å². The predicted octanol–water partition coefficient (Wildman–Crippen LogP) is 4.89. The molecule has 3 aromatic heterocycles. The van der Waals surface area contributed by atoms with Crippen molar-refractivity contribution in [2.24, 2.45) is 0 Å². The third-order valence-electron chi connectivity index (χ3n) is 4.72. The van der Waals surface area contributed by atoms with Crippen LogP contribution in [0.4, 0.5) is 0 Å². The Kier molecular flexibility index (Phi) is 4.88. The van der Waals surface area contributed by atoms with Crippen molar-refractivity contribution in [1.82, 2.24) is 19.8 Å². The highest BCUT2D eigenvalue weighted by molar-refractivity contribution is 7.91. The molecule has 0 radical (unpaired) electrons. The van der Waals surface area contributed by atoms with Crippen molar-refractivity contribution in [2.45, 2.75) is 16.8 Å². The molecule has 5 rings (SSSR count). The standard InChI is InChI=1S/C21H15ClN4O3S2/c1-2-29-15-8-6-13(7-9-15)18-19-17(10-11-30-19)26-20(23-18)21(24-25-26)31(27,28)16-5-3-4-14(22)12-16/h3-12H,2H2,1H3. The monoisotopic (exact) mass is 470 g/mol. The lowest BCUT2D eigenvalue weighted by Crippen LogP contribution is -2.04. The van der Waals surface area contributed by atoms with Crippen molar-refractivity contribution < 1.29 is 13.2 Å². The maximum absolute atomic E-state index is 13.3. The van der Waals surface area contributed by atoms with Gasteiger partial charge in [0.05, 0.1) is 27.4 Å². The molecular weight excluding hydrogens is 456 g/mol. The smallest absolute Gasteiger partial charge is 0.229 e. The van der Waals surface area contributed by atoms with E-state index < -0.39 is 9.84 Å². The number of sulfone groups is 1. The molecule has 0 saturated carbocycles. The lowest BCUT2D eigenvalue weighted by Gasteiger charge is -2.07. The van der Waals surface area contributed by atoms with Gasteiger partial charge in [-0.25, -0.2) is 13.4 Å². The molecule has 7 nitrogen and oxygen atoms in total. The lowest BCUT2D eigenvalue weighted by atomic mass is 10.1. The Bertz CT molecular complexity index is 1530. The third kappa shape index (κ3) is 3.34. The van der Waals surface area contributed by atoms with Gasteiger partial charge in [0.25, 0.3) is 0 Å². The molecule has 0 bridgehead atoms. The highest BCUT2D eigenvalue weighted by Gasteiger charge is 2.27. The van der Waals surface area contributed by atoms with Crippen molar-refractivity contribution in [3.63, 3.8) is 0 Å². The molecule has 10 heteroatoms. The first-order valence-corrected chi connectivity index (χ1v) is 12.1. The molecule has 0 aliphatic heterocycles. The van der Waals surface area contributed by atoms with E-state index in [1.54, 1.807) is 12.1 Å². The molecule has 3 heterocycles. The fourth-order valence-corrected chi connectivity index (χ4v) is 5.73. The summed E-state index contributed by atoms with van der Waals surface area (Å²) in [6.07, 6.45) is 0. The maximum Gasteiger partial charge on any atom is 0.229 e. The fourth-order valence-electron chi connectivity index (χ4n) is 3.31. The van der Waals surface area contributed by atoms with Gasteiger partial charge < -0.3 is 4.74 Å². The number of nitrogens with zero attached hydrogens (tertiary/aromatic N) is 4. The van der Waals surface area contributed by atoms with Crippen LogP contribution < -0.4 is 4.74 Å². The molecule has 0 spiro atoms. The lowest BCUT2D eigenvalue weighted by molar-refractivity contribution is 0.340. The molecule has 2 aromatic carbocycles. The van der Waals surface area contributed by atoms with Crippen LogP contribution in [0.15, 0.2) is 69.9 Å². The zero-order valence-electron chi connectivity index (χ0n) is 16.2. The number of thiophene rings is 1. The highest BCUT2D eigenvalue weighted by Crippen LogP contribution is 2.34. The fraction of sp³-hybridized carbons (Fsp3) is 0.0952. The summed E-state index contributed by atoms with van der Waals surface area (Å²) in [6, 6.07) is 15.5. The second-order valence-electron chi connectivity index (χ2n) is 6.64. The minimum absolute atomic E-state index is 0.0391. The summed E-state index contributed by atoms with van der Waals surface area (Å²) >= 11 is 7.51. The van der Waals surface area contributed by atoms with E-state index >= 15 is 0 Å². The van der Waals surface area contributed by atoms with E-state index in [1.807, 2.05) is 42.6 Å². The highest BCUT2D eigenvalue weighted by atomic mass is 35.5. The van der Waals surface area contributed by atoms with Crippen molar-refractivity contribution in [3.8, 4) is 17.0 Å². The first-order valence-electron chi connectivity index (χ1n) is 9.35. The Morgan fingerprint density at radius 2 is 1.94 bits per heavy atom. The number of halogens is 1. The molecule has 0 unspecified atom stereocenters. The van der Waals surface area contributed by atoms with Gasteiger partial charge in [-0.15, -0.1) is 16.4 Å². The molecule has 0 saturated heterocycles. The maximum atomic E-state index is 13.3. The zero-order chi connectivity index (χ0) is 21.6. The van der Waals surface area contributed by atoms with E-state index in [2.05, 4.69) is 10.3 Å². The van der Waals surface area contributed by atoms with Crippen LogP contribution in [0, 0.1) is 0 Å². The first-order chi connectivity index (χ1) is 15.0. The van der Waals surface area contributed by atoms with Crippen LogP contribution in [0.5, 0.6) is 5.75 Å². The van der Waals surface area contributed by atoms with Gasteiger partial charge in [0.15, 0.2) is 5.65 Å². The van der Waals surface area contributed by atoms with Crippen molar-refractivity contribution in [2.75, 3.05) is 6.61 Å². The molecule has 0 N–H and O–H groups in total. The van der Waals surface area contributed by atoms with Crippen LogP contribution in [-0.2, 0) is 9.84 Å². The first kappa shape index (κ1) is 19.9. The number of hydrogen-bond acceptors (Lipinski definition) is 7. The average molecular weight is 471 g/mol. The van der Waals surface area contributed by atoms with Gasteiger partial charge in [-0.3, -0.25) is 0 Å². The Morgan fingerprint density at radius 1 is 1.13 bits per heavy atom. The summed E-state index contributed by atoms with van der Waals surface area (Å²) in [4.78, 5) is 4.73. The van der Waals surface area contributed by atoms with Gasteiger partial charge in [-0.2, -0.15) is 4.52 Å². The van der Waals surface area contributed by atoms with Crippen LogP contribution in [0.25, 0.3) is 27.1 Å². The summed E-state index contributed by atoms with van der Waals surface area (Å²) in [5.41, 5.74) is 2.39. The van der Waals surface area contributed by atoms with E-state index in [9.17, 15) is 8.42 Å². The molecule has 0 atom stereocenters. The van der Waals surface area contributed by atoms with Gasteiger partial charge in [0.1, 0.15) is 5.75 Å². The Morgan fingerprint density at radius 3 is 2.68 bits per heavy atom. The number of fused-ring (bicyclic) bond motifs is 3. The molecule has 0 fully saturated rings. The van der Waals surface area contributed by atoms with Crippen molar-refractivity contribution >= 4 is 48.6 Å². The molecule has 0 aliphatic carbocycles. The van der Waals surface area contributed by atoms with Crippen LogP contribution in [0.1, 0.15) is 6.92 Å². The predicted molar refractivity (Wildman–Crippen MR) is 120 cm³/mol. The van der Waals surface area contributed by atoms with Crippen molar-refractivity contribution in [1.29, 1.82) is 0 Å². The molecule has 156 valence electrons. The minimum Gasteiger partial charge on any atom is -0.494 e. The number of aromatic nitrogens is 4.